The molecule has 0 heterocycles. The van der Waals surface area contributed by atoms with Crippen molar-refractivity contribution in [3.63, 3.8) is 0 Å². The van der Waals surface area contributed by atoms with Crippen LogP contribution in [-0.2, 0) is 23.8 Å². The van der Waals surface area contributed by atoms with Gasteiger partial charge in [-0.05, 0) is 138 Å². The molecule has 0 aliphatic heterocycles. The minimum absolute atomic E-state index is 0.104. The zero-order valence-corrected chi connectivity index (χ0v) is 27.8. The van der Waals surface area contributed by atoms with Gasteiger partial charge in [0.2, 0.25) is 0 Å². The smallest absolute Gasteiger partial charge is 0.333 e. The summed E-state index contributed by atoms with van der Waals surface area (Å²) < 4.78 is 17.4. The summed E-state index contributed by atoms with van der Waals surface area (Å²) in [6.07, 6.45) is 16.3. The van der Waals surface area contributed by atoms with Crippen molar-refractivity contribution in [2.45, 2.75) is 124 Å². The highest BCUT2D eigenvalue weighted by atomic mass is 16.5. The van der Waals surface area contributed by atoms with E-state index >= 15 is 0 Å². The summed E-state index contributed by atoms with van der Waals surface area (Å²) in [4.78, 5) is 23.9. The third-order valence-electron chi connectivity index (χ3n) is 11.0. The van der Waals surface area contributed by atoms with Gasteiger partial charge >= 0.3 is 11.9 Å². The lowest BCUT2D eigenvalue weighted by Crippen LogP contribution is -2.44. The Hall–Kier alpha value is -1.66. The molecule has 0 aromatic rings. The quantitative estimate of drug-likeness (QED) is 0.109. The number of aliphatic hydroxyl groups is 1. The van der Waals surface area contributed by atoms with Gasteiger partial charge in [0.25, 0.3) is 0 Å². The van der Waals surface area contributed by atoms with Gasteiger partial charge in [-0.1, -0.05) is 39.8 Å². The second-order valence-electron chi connectivity index (χ2n) is 14.5. The molecule has 0 aromatic heterocycles. The maximum atomic E-state index is 12.0. The third kappa shape index (κ3) is 11.3. The largest absolute Gasteiger partial charge is 0.462 e. The van der Waals surface area contributed by atoms with E-state index in [0.29, 0.717) is 55.1 Å². The van der Waals surface area contributed by atoms with E-state index in [1.807, 2.05) is 0 Å². The normalized spacial score (nSPS) is 33.0. The zero-order valence-electron chi connectivity index (χ0n) is 27.8. The summed E-state index contributed by atoms with van der Waals surface area (Å²) >= 11 is 0. The molecular weight excluding hydrogens is 540 g/mol. The Balaban J connectivity index is 1.68. The highest BCUT2D eigenvalue weighted by molar-refractivity contribution is 5.87. The van der Waals surface area contributed by atoms with Crippen molar-refractivity contribution < 1.29 is 28.9 Å². The number of carbonyl (C=O) groups is 2. The average Bonchev–Trinajstić information content (AvgIpc) is 2.98. The van der Waals surface area contributed by atoms with Crippen molar-refractivity contribution in [1.29, 1.82) is 0 Å². The van der Waals surface area contributed by atoms with Gasteiger partial charge < -0.3 is 19.3 Å². The Labute approximate surface area is 262 Å². The van der Waals surface area contributed by atoms with Gasteiger partial charge in [0.05, 0.1) is 19.3 Å². The second-order valence-corrected chi connectivity index (χ2v) is 14.5. The van der Waals surface area contributed by atoms with Crippen LogP contribution >= 0.6 is 0 Å². The summed E-state index contributed by atoms with van der Waals surface area (Å²) in [5.74, 6) is 4.99. The number of aliphatic hydroxyl groups excluding tert-OH is 1. The molecule has 0 saturated heterocycles. The molecule has 0 bridgehead atoms. The molecule has 6 nitrogen and oxygen atoms in total. The van der Waals surface area contributed by atoms with Crippen molar-refractivity contribution >= 4 is 11.9 Å². The lowest BCUT2D eigenvalue weighted by molar-refractivity contribution is -0.139. The number of ether oxygens (including phenoxy) is 3. The van der Waals surface area contributed by atoms with Gasteiger partial charge in [-0.15, -0.1) is 0 Å². The number of rotatable bonds is 16. The maximum absolute atomic E-state index is 12.0. The van der Waals surface area contributed by atoms with Crippen molar-refractivity contribution in [3.8, 4) is 0 Å². The van der Waals surface area contributed by atoms with Gasteiger partial charge in [-0.2, -0.15) is 0 Å². The zero-order chi connectivity index (χ0) is 31.4. The van der Waals surface area contributed by atoms with Gasteiger partial charge in [0.15, 0.2) is 0 Å². The lowest BCUT2D eigenvalue weighted by atomic mass is 9.59. The highest BCUT2D eigenvalue weighted by Gasteiger charge is 2.44. The monoisotopic (exact) mass is 602 g/mol. The van der Waals surface area contributed by atoms with Gasteiger partial charge in [0, 0.05) is 24.4 Å². The Morgan fingerprint density at radius 3 is 1.72 bits per heavy atom. The van der Waals surface area contributed by atoms with Crippen LogP contribution in [0.5, 0.6) is 0 Å². The predicted octanol–water partition coefficient (Wildman–Crippen LogP) is 8.07. The molecule has 3 fully saturated rings. The second kappa shape index (κ2) is 18.3. The van der Waals surface area contributed by atoms with Crippen molar-refractivity contribution in [1.82, 2.24) is 0 Å². The van der Waals surface area contributed by atoms with Crippen LogP contribution in [-0.4, -0.2) is 49.6 Å². The first-order valence-corrected chi connectivity index (χ1v) is 17.5. The van der Waals surface area contributed by atoms with Crippen molar-refractivity contribution in [2.75, 3.05) is 26.4 Å². The van der Waals surface area contributed by atoms with E-state index in [-0.39, 0.29) is 24.6 Å². The minimum atomic E-state index is -0.322. The van der Waals surface area contributed by atoms with Crippen LogP contribution in [0, 0.1) is 47.3 Å². The standard InChI is InChI=1S/C37H62O6/c1-25(2)36(39)42-19-7-10-31-23-33(34-17-16-30(22-28(34)6)29-14-12-27(5)13-15-29)24-32(35(31)41-21-9-18-38)11-8-20-43-37(40)26(3)4/h27-35,38H,1,3,7-24H2,2,4-6H3. The molecule has 0 radical (unpaired) electrons. The minimum Gasteiger partial charge on any atom is -0.462 e. The van der Waals surface area contributed by atoms with E-state index in [1.165, 1.54) is 44.9 Å². The first-order chi connectivity index (χ1) is 20.6. The van der Waals surface area contributed by atoms with Crippen LogP contribution in [0.3, 0.4) is 0 Å². The molecule has 0 amide bonds. The van der Waals surface area contributed by atoms with Crippen LogP contribution in [0.1, 0.15) is 118 Å². The van der Waals surface area contributed by atoms with E-state index in [2.05, 4.69) is 27.0 Å². The van der Waals surface area contributed by atoms with E-state index in [9.17, 15) is 14.7 Å². The number of carbonyl (C=O) groups excluding carboxylic acids is 2. The fourth-order valence-electron chi connectivity index (χ4n) is 8.61. The first-order valence-electron chi connectivity index (χ1n) is 17.5. The molecular formula is C37H62O6. The average molecular weight is 603 g/mol. The molecule has 3 rings (SSSR count). The molecule has 1 N–H and O–H groups in total. The molecule has 6 heteroatoms. The molecule has 5 atom stereocenters. The molecule has 43 heavy (non-hydrogen) atoms. The summed E-state index contributed by atoms with van der Waals surface area (Å²) in [7, 11) is 0. The van der Waals surface area contributed by atoms with Crippen LogP contribution < -0.4 is 0 Å². The van der Waals surface area contributed by atoms with Gasteiger partial charge in [0.1, 0.15) is 0 Å². The van der Waals surface area contributed by atoms with Crippen LogP contribution in [0.15, 0.2) is 24.3 Å². The van der Waals surface area contributed by atoms with Crippen LogP contribution in [0.4, 0.5) is 0 Å². The molecule has 3 aliphatic rings. The third-order valence-corrected chi connectivity index (χ3v) is 11.0. The summed E-state index contributed by atoms with van der Waals surface area (Å²) in [5, 5.41) is 9.45. The molecule has 5 unspecified atom stereocenters. The topological polar surface area (TPSA) is 82.1 Å². The van der Waals surface area contributed by atoms with E-state index in [4.69, 9.17) is 14.2 Å². The molecule has 0 spiro atoms. The predicted molar refractivity (Wildman–Crippen MR) is 172 cm³/mol. The van der Waals surface area contributed by atoms with Crippen LogP contribution in [0.2, 0.25) is 0 Å². The molecule has 0 aromatic carbocycles. The SMILES string of the molecule is C=C(C)C(=O)OCCCC1CC(C2CCC(C3CCC(C)CC3)CC2C)CC(CCCOC(=O)C(=C)C)C1OCCCO. The summed E-state index contributed by atoms with van der Waals surface area (Å²) in [6, 6.07) is 0. The van der Waals surface area contributed by atoms with E-state index < -0.39 is 0 Å². The molecule has 3 aliphatic carbocycles. The highest BCUT2D eigenvalue weighted by Crippen LogP contribution is 2.51. The lowest BCUT2D eigenvalue weighted by Gasteiger charge is -2.48. The maximum Gasteiger partial charge on any atom is 0.333 e. The van der Waals surface area contributed by atoms with E-state index in [0.717, 1.165) is 68.1 Å². The number of esters is 2. The Kier molecular flexibility index (Phi) is 15.3. The fraction of sp³-hybridized carbons (Fsp3) is 0.838. The Morgan fingerprint density at radius 2 is 1.23 bits per heavy atom. The molecule has 3 saturated carbocycles. The first kappa shape index (κ1) is 35.8. The summed E-state index contributed by atoms with van der Waals surface area (Å²) in [5.41, 5.74) is 0.866. The van der Waals surface area contributed by atoms with Crippen LogP contribution in [0.25, 0.3) is 0 Å². The summed E-state index contributed by atoms with van der Waals surface area (Å²) in [6.45, 7) is 17.2. The van der Waals surface area contributed by atoms with Crippen molar-refractivity contribution in [3.05, 3.63) is 24.3 Å². The fourth-order valence-corrected chi connectivity index (χ4v) is 8.61. The Bertz CT molecular complexity index is 846. The number of hydrogen-bond donors (Lipinski definition) is 1. The number of hydrogen-bond acceptors (Lipinski definition) is 6. The van der Waals surface area contributed by atoms with E-state index in [1.54, 1.807) is 13.8 Å². The van der Waals surface area contributed by atoms with Crippen molar-refractivity contribution in [2.24, 2.45) is 47.3 Å². The Morgan fingerprint density at radius 1 is 0.698 bits per heavy atom. The van der Waals surface area contributed by atoms with Gasteiger partial charge in [-0.3, -0.25) is 0 Å². The van der Waals surface area contributed by atoms with Gasteiger partial charge in [-0.25, -0.2) is 9.59 Å². The molecule has 246 valence electrons.